The van der Waals surface area contributed by atoms with Crippen LogP contribution in [0.1, 0.15) is 24.1 Å². The summed E-state index contributed by atoms with van der Waals surface area (Å²) < 4.78 is 10.6. The first-order valence-corrected chi connectivity index (χ1v) is 8.61. The van der Waals surface area contributed by atoms with Crippen LogP contribution < -0.4 is 9.47 Å². The average Bonchev–Trinajstić information content (AvgIpc) is 2.69. The molecule has 9 heteroatoms. The molecule has 5 N–H and O–H groups in total. The van der Waals surface area contributed by atoms with E-state index in [2.05, 4.69) is 0 Å². The zero-order valence-corrected chi connectivity index (χ0v) is 15.6. The monoisotopic (exact) mass is 385 g/mol. The van der Waals surface area contributed by atoms with Gasteiger partial charge >= 0.3 is 0 Å². The van der Waals surface area contributed by atoms with Crippen molar-refractivity contribution in [1.82, 2.24) is 4.90 Å². The standard InChI is InChI=1S/C18H27NO8/c1-9(21)19-5-4-10-6-13(26-2)14(27-3)7-11(10)15(19)17(24)18(25)16(23)12(22)8-20/h6-7,12,15-18,20,22-25H,4-5,8H2,1-3H3/t12-,15-,16+,17+,18-/m0/s1. The predicted molar refractivity (Wildman–Crippen MR) is 94.5 cm³/mol. The number of carbonyl (C=O) groups is 1. The molecule has 0 radical (unpaired) electrons. The van der Waals surface area contributed by atoms with E-state index in [0.717, 1.165) is 5.56 Å². The third-order valence-corrected chi connectivity index (χ3v) is 4.93. The molecule has 1 aromatic rings. The van der Waals surface area contributed by atoms with E-state index in [1.54, 1.807) is 12.1 Å². The first kappa shape index (κ1) is 21.4. The van der Waals surface area contributed by atoms with Gasteiger partial charge in [-0.3, -0.25) is 4.79 Å². The summed E-state index contributed by atoms with van der Waals surface area (Å²) in [4.78, 5) is 13.5. The van der Waals surface area contributed by atoms with Crippen molar-refractivity contribution in [2.45, 2.75) is 43.8 Å². The van der Waals surface area contributed by atoms with Crippen molar-refractivity contribution in [2.75, 3.05) is 27.4 Å². The highest BCUT2D eigenvalue weighted by molar-refractivity contribution is 5.74. The second-order valence-electron chi connectivity index (χ2n) is 6.53. The van der Waals surface area contributed by atoms with E-state index in [-0.39, 0.29) is 5.91 Å². The van der Waals surface area contributed by atoms with Crippen LogP contribution in [0.5, 0.6) is 11.5 Å². The minimum Gasteiger partial charge on any atom is -0.493 e. The van der Waals surface area contributed by atoms with Gasteiger partial charge in [-0.25, -0.2) is 0 Å². The molecule has 1 aliphatic rings. The summed E-state index contributed by atoms with van der Waals surface area (Å²) >= 11 is 0. The van der Waals surface area contributed by atoms with Gasteiger partial charge in [-0.1, -0.05) is 0 Å². The number of benzene rings is 1. The zero-order chi connectivity index (χ0) is 20.3. The van der Waals surface area contributed by atoms with E-state index in [1.165, 1.54) is 26.0 Å². The number of methoxy groups -OCH3 is 2. The van der Waals surface area contributed by atoms with Crippen molar-refractivity contribution in [3.05, 3.63) is 23.3 Å². The number of fused-ring (bicyclic) bond motifs is 1. The van der Waals surface area contributed by atoms with Gasteiger partial charge in [-0.2, -0.15) is 0 Å². The van der Waals surface area contributed by atoms with Crippen LogP contribution in [0.25, 0.3) is 0 Å². The van der Waals surface area contributed by atoms with E-state index in [1.807, 2.05) is 0 Å². The van der Waals surface area contributed by atoms with E-state index < -0.39 is 37.1 Å². The highest BCUT2D eigenvalue weighted by Crippen LogP contribution is 2.40. The molecule has 2 rings (SSSR count). The molecule has 0 spiro atoms. The molecule has 0 saturated carbocycles. The molecule has 152 valence electrons. The van der Waals surface area contributed by atoms with Crippen molar-refractivity contribution in [1.29, 1.82) is 0 Å². The van der Waals surface area contributed by atoms with Crippen molar-refractivity contribution in [3.63, 3.8) is 0 Å². The number of rotatable bonds is 7. The molecule has 0 aromatic heterocycles. The third-order valence-electron chi connectivity index (χ3n) is 4.93. The van der Waals surface area contributed by atoms with E-state index in [0.29, 0.717) is 30.0 Å². The van der Waals surface area contributed by atoms with Crippen molar-refractivity contribution >= 4 is 5.91 Å². The summed E-state index contributed by atoms with van der Waals surface area (Å²) in [5.41, 5.74) is 1.35. The Morgan fingerprint density at radius 3 is 2.26 bits per heavy atom. The first-order chi connectivity index (χ1) is 12.8. The molecule has 27 heavy (non-hydrogen) atoms. The van der Waals surface area contributed by atoms with Crippen LogP contribution in [0, 0.1) is 0 Å². The molecular formula is C18H27NO8. The number of nitrogens with zero attached hydrogens (tertiary/aromatic N) is 1. The Bertz CT molecular complexity index is 667. The van der Waals surface area contributed by atoms with Crippen LogP contribution in [-0.2, 0) is 11.2 Å². The quantitative estimate of drug-likeness (QED) is 0.386. The molecule has 0 fully saturated rings. The molecule has 0 saturated heterocycles. The molecule has 0 aliphatic carbocycles. The summed E-state index contributed by atoms with van der Waals surface area (Å²) in [6, 6.07) is 2.40. The van der Waals surface area contributed by atoms with Gasteiger partial charge in [0.05, 0.1) is 26.9 Å². The lowest BCUT2D eigenvalue weighted by atomic mass is 9.85. The Balaban J connectivity index is 2.49. The van der Waals surface area contributed by atoms with Gasteiger partial charge in [-0.05, 0) is 29.7 Å². The van der Waals surface area contributed by atoms with Gasteiger partial charge in [0.25, 0.3) is 0 Å². The Morgan fingerprint density at radius 1 is 1.15 bits per heavy atom. The lowest BCUT2D eigenvalue weighted by Gasteiger charge is -2.42. The molecular weight excluding hydrogens is 358 g/mol. The molecule has 1 amide bonds. The summed E-state index contributed by atoms with van der Waals surface area (Å²) in [7, 11) is 2.95. The predicted octanol–water partition coefficient (Wildman–Crippen LogP) is -1.41. The maximum Gasteiger partial charge on any atom is 0.220 e. The molecule has 9 nitrogen and oxygen atoms in total. The molecule has 0 unspecified atom stereocenters. The maximum atomic E-state index is 12.1. The van der Waals surface area contributed by atoms with Gasteiger partial charge in [0.1, 0.15) is 24.4 Å². The Labute approximate surface area is 157 Å². The number of aliphatic hydroxyl groups excluding tert-OH is 5. The van der Waals surface area contributed by atoms with Gasteiger partial charge in [0, 0.05) is 13.5 Å². The summed E-state index contributed by atoms with van der Waals surface area (Å²) in [5, 5.41) is 49.6. The number of aliphatic hydroxyl groups is 5. The maximum absolute atomic E-state index is 12.1. The summed E-state index contributed by atoms with van der Waals surface area (Å²) in [5.74, 6) is 0.574. The first-order valence-electron chi connectivity index (χ1n) is 8.61. The van der Waals surface area contributed by atoms with Crippen LogP contribution in [-0.4, -0.2) is 88.1 Å². The number of amides is 1. The van der Waals surface area contributed by atoms with Gasteiger partial charge in [0.15, 0.2) is 11.5 Å². The lowest BCUT2D eigenvalue weighted by Crippen LogP contribution is -2.53. The van der Waals surface area contributed by atoms with Gasteiger partial charge in [-0.15, -0.1) is 0 Å². The lowest BCUT2D eigenvalue weighted by molar-refractivity contribution is -0.149. The second kappa shape index (κ2) is 8.85. The van der Waals surface area contributed by atoms with Crippen LogP contribution >= 0.6 is 0 Å². The van der Waals surface area contributed by atoms with E-state index >= 15 is 0 Å². The zero-order valence-electron chi connectivity index (χ0n) is 15.6. The minimum atomic E-state index is -1.79. The Kier molecular flexibility index (Phi) is 7.01. The van der Waals surface area contributed by atoms with Gasteiger partial charge < -0.3 is 39.9 Å². The number of ether oxygens (including phenoxy) is 2. The highest BCUT2D eigenvalue weighted by Gasteiger charge is 2.42. The fourth-order valence-corrected chi connectivity index (χ4v) is 3.42. The molecule has 1 aromatic carbocycles. The molecule has 5 atom stereocenters. The van der Waals surface area contributed by atoms with E-state index in [4.69, 9.17) is 14.6 Å². The largest absolute Gasteiger partial charge is 0.493 e. The fraction of sp³-hybridized carbons (Fsp3) is 0.611. The normalized spacial score (nSPS) is 21.0. The number of hydrogen-bond acceptors (Lipinski definition) is 8. The van der Waals surface area contributed by atoms with Crippen LogP contribution in [0.2, 0.25) is 0 Å². The Morgan fingerprint density at radius 2 is 1.74 bits per heavy atom. The van der Waals surface area contributed by atoms with Crippen molar-refractivity contribution in [3.8, 4) is 11.5 Å². The SMILES string of the molecule is COc1cc2c(cc1OC)[C@@H]([C@@H](O)[C@@H](O)[C@H](O)[C@@H](O)CO)N(C(C)=O)CC2. The van der Waals surface area contributed by atoms with E-state index in [9.17, 15) is 25.2 Å². The minimum absolute atomic E-state index is 0.297. The average molecular weight is 385 g/mol. The smallest absolute Gasteiger partial charge is 0.220 e. The summed E-state index contributed by atoms with van der Waals surface area (Å²) in [6.07, 6.45) is -6.31. The molecule has 1 aliphatic heterocycles. The van der Waals surface area contributed by atoms with Crippen molar-refractivity contribution in [2.24, 2.45) is 0 Å². The molecule has 1 heterocycles. The third kappa shape index (κ3) is 4.17. The second-order valence-corrected chi connectivity index (χ2v) is 6.53. The molecule has 0 bridgehead atoms. The Hall–Kier alpha value is -1.91. The van der Waals surface area contributed by atoms with Crippen LogP contribution in [0.15, 0.2) is 12.1 Å². The van der Waals surface area contributed by atoms with Gasteiger partial charge in [0.2, 0.25) is 5.91 Å². The summed E-state index contributed by atoms with van der Waals surface area (Å²) in [6.45, 7) is 0.857. The highest BCUT2D eigenvalue weighted by atomic mass is 16.5. The number of carbonyl (C=O) groups excluding carboxylic acids is 1. The van der Waals surface area contributed by atoms with Crippen LogP contribution in [0.4, 0.5) is 0 Å². The fourth-order valence-electron chi connectivity index (χ4n) is 3.42. The van der Waals surface area contributed by atoms with Crippen molar-refractivity contribution < 1.29 is 39.8 Å². The topological polar surface area (TPSA) is 140 Å². The number of hydrogen-bond donors (Lipinski definition) is 5. The van der Waals surface area contributed by atoms with Crippen LogP contribution in [0.3, 0.4) is 0 Å².